The second kappa shape index (κ2) is 7.91. The lowest BCUT2D eigenvalue weighted by Crippen LogP contribution is -2.08. The van der Waals surface area contributed by atoms with Crippen LogP contribution in [0.5, 0.6) is 11.6 Å². The molecule has 0 radical (unpaired) electrons. The van der Waals surface area contributed by atoms with Gasteiger partial charge in [-0.05, 0) is 24.3 Å². The highest BCUT2D eigenvalue weighted by Gasteiger charge is 2.26. The summed E-state index contributed by atoms with van der Waals surface area (Å²) in [6.45, 7) is 0. The van der Waals surface area contributed by atoms with Gasteiger partial charge in [-0.3, -0.25) is 10.1 Å². The number of hydrogen-bond acceptors (Lipinski definition) is 8. The van der Waals surface area contributed by atoms with Gasteiger partial charge in [-0.2, -0.15) is 4.98 Å². The number of methoxy groups -OCH3 is 1. The molecule has 0 fully saturated rings. The molecule has 0 spiro atoms. The maximum atomic E-state index is 11.9. The van der Waals surface area contributed by atoms with Crippen LogP contribution in [0.3, 0.4) is 0 Å². The zero-order valence-electron chi connectivity index (χ0n) is 14.2. The lowest BCUT2D eigenvalue weighted by Gasteiger charge is -2.11. The molecule has 0 aliphatic heterocycles. The number of carbonyl (C=O) groups is 1. The Morgan fingerprint density at radius 3 is 2.48 bits per heavy atom. The fourth-order valence-corrected chi connectivity index (χ4v) is 2.30. The zero-order chi connectivity index (χ0) is 19.2. The Kier molecular flexibility index (Phi) is 5.22. The summed E-state index contributed by atoms with van der Waals surface area (Å²) in [5.74, 6) is -0.535. The number of ether oxygens (including phenoxy) is 2. The quantitative estimate of drug-likeness (QED) is 0.399. The van der Waals surface area contributed by atoms with Gasteiger partial charge in [0, 0.05) is 0 Å². The fourth-order valence-electron chi connectivity index (χ4n) is 2.30. The third-order valence-electron chi connectivity index (χ3n) is 3.51. The van der Waals surface area contributed by atoms with Crippen LogP contribution in [-0.4, -0.2) is 28.0 Å². The van der Waals surface area contributed by atoms with Crippen LogP contribution in [0.4, 0.5) is 17.2 Å². The number of carbonyl (C=O) groups excluding carboxylic acids is 1. The average molecular weight is 366 g/mol. The fraction of sp³-hybridized carbons (Fsp3) is 0.0556. The van der Waals surface area contributed by atoms with Crippen molar-refractivity contribution in [3.05, 3.63) is 76.6 Å². The van der Waals surface area contributed by atoms with E-state index in [0.717, 1.165) is 6.33 Å². The van der Waals surface area contributed by atoms with E-state index in [4.69, 9.17) is 9.47 Å². The topological polar surface area (TPSA) is 116 Å². The summed E-state index contributed by atoms with van der Waals surface area (Å²) in [5, 5.41) is 14.4. The van der Waals surface area contributed by atoms with E-state index in [2.05, 4.69) is 15.3 Å². The highest BCUT2D eigenvalue weighted by molar-refractivity contribution is 5.96. The molecule has 1 heterocycles. The van der Waals surface area contributed by atoms with Crippen molar-refractivity contribution in [2.45, 2.75) is 0 Å². The Hall–Kier alpha value is -4.01. The van der Waals surface area contributed by atoms with Crippen LogP contribution < -0.4 is 10.1 Å². The first kappa shape index (κ1) is 17.8. The van der Waals surface area contributed by atoms with Gasteiger partial charge in [0.25, 0.3) is 0 Å². The number of hydrogen-bond donors (Lipinski definition) is 1. The van der Waals surface area contributed by atoms with E-state index in [1.807, 2.05) is 0 Å². The van der Waals surface area contributed by atoms with Crippen molar-refractivity contribution in [1.29, 1.82) is 0 Å². The monoisotopic (exact) mass is 366 g/mol. The molecule has 9 heteroatoms. The minimum atomic E-state index is -0.651. The minimum absolute atomic E-state index is 0.114. The van der Waals surface area contributed by atoms with Crippen LogP contribution in [0.25, 0.3) is 0 Å². The molecule has 136 valence electrons. The van der Waals surface area contributed by atoms with E-state index in [-0.39, 0.29) is 17.3 Å². The van der Waals surface area contributed by atoms with Gasteiger partial charge in [-0.1, -0.05) is 30.3 Å². The van der Waals surface area contributed by atoms with Crippen molar-refractivity contribution in [2.24, 2.45) is 0 Å². The summed E-state index contributed by atoms with van der Waals surface area (Å²) in [7, 11) is 1.25. The molecule has 0 aliphatic rings. The molecule has 0 atom stereocenters. The molecule has 3 rings (SSSR count). The molecule has 0 unspecified atom stereocenters. The second-order valence-electron chi connectivity index (χ2n) is 5.21. The van der Waals surface area contributed by atoms with Crippen molar-refractivity contribution < 1.29 is 19.2 Å². The highest BCUT2D eigenvalue weighted by atomic mass is 16.6. The first-order valence-electron chi connectivity index (χ1n) is 7.77. The summed E-state index contributed by atoms with van der Waals surface area (Å²) < 4.78 is 10.2. The predicted molar refractivity (Wildman–Crippen MR) is 96.3 cm³/mol. The van der Waals surface area contributed by atoms with E-state index < -0.39 is 16.6 Å². The number of rotatable bonds is 6. The van der Waals surface area contributed by atoms with E-state index >= 15 is 0 Å². The van der Waals surface area contributed by atoms with Crippen molar-refractivity contribution in [2.75, 3.05) is 12.4 Å². The summed E-state index contributed by atoms with van der Waals surface area (Å²) in [6, 6.07) is 15.0. The molecular weight excluding hydrogens is 352 g/mol. The molecule has 2 aromatic carbocycles. The second-order valence-corrected chi connectivity index (χ2v) is 5.21. The maximum absolute atomic E-state index is 11.9. The van der Waals surface area contributed by atoms with E-state index in [1.54, 1.807) is 48.5 Å². The standard InChI is InChI=1S/C18H14N4O5/c1-26-18(23)13-9-5-6-10-14(13)21-16-15(22(24)25)17(20-11-19-16)27-12-7-3-2-4-8-12/h2-11H,1H3,(H,19,20,21). The van der Waals surface area contributed by atoms with Crippen LogP contribution in [0.2, 0.25) is 0 Å². The largest absolute Gasteiger partial charge is 0.465 e. The van der Waals surface area contributed by atoms with Gasteiger partial charge in [0.05, 0.1) is 23.3 Å². The van der Waals surface area contributed by atoms with Crippen molar-refractivity contribution >= 4 is 23.2 Å². The molecule has 9 nitrogen and oxygen atoms in total. The smallest absolute Gasteiger partial charge is 0.373 e. The lowest BCUT2D eigenvalue weighted by atomic mass is 10.2. The normalized spacial score (nSPS) is 10.1. The van der Waals surface area contributed by atoms with Gasteiger partial charge >= 0.3 is 17.5 Å². The molecule has 0 bridgehead atoms. The first-order chi connectivity index (χ1) is 13.1. The molecule has 27 heavy (non-hydrogen) atoms. The molecular formula is C18H14N4O5. The number of esters is 1. The van der Waals surface area contributed by atoms with E-state index in [0.29, 0.717) is 11.4 Å². The van der Waals surface area contributed by atoms with Gasteiger partial charge < -0.3 is 14.8 Å². The molecule has 1 N–H and O–H groups in total. The number of aromatic nitrogens is 2. The number of para-hydroxylation sites is 2. The third kappa shape index (κ3) is 3.98. The summed E-state index contributed by atoms with van der Waals surface area (Å²) in [6.07, 6.45) is 1.13. The molecule has 3 aromatic rings. The summed E-state index contributed by atoms with van der Waals surface area (Å²) in [4.78, 5) is 30.7. The third-order valence-corrected chi connectivity index (χ3v) is 3.51. The SMILES string of the molecule is COC(=O)c1ccccc1Nc1ncnc(Oc2ccccc2)c1[N+](=O)[O-]. The van der Waals surface area contributed by atoms with Crippen LogP contribution in [0, 0.1) is 10.1 Å². The number of anilines is 2. The number of nitro groups is 1. The van der Waals surface area contributed by atoms with E-state index in [9.17, 15) is 14.9 Å². The average Bonchev–Trinajstić information content (AvgIpc) is 2.68. The van der Waals surface area contributed by atoms with Crippen LogP contribution in [0.1, 0.15) is 10.4 Å². The van der Waals surface area contributed by atoms with Gasteiger partial charge in [0.2, 0.25) is 5.82 Å². The van der Waals surface area contributed by atoms with Crippen LogP contribution >= 0.6 is 0 Å². The minimum Gasteiger partial charge on any atom is -0.465 e. The first-order valence-corrected chi connectivity index (χ1v) is 7.77. The molecule has 1 aromatic heterocycles. The maximum Gasteiger partial charge on any atom is 0.373 e. The van der Waals surface area contributed by atoms with Crippen molar-refractivity contribution in [1.82, 2.24) is 9.97 Å². The summed E-state index contributed by atoms with van der Waals surface area (Å²) >= 11 is 0. The number of benzene rings is 2. The van der Waals surface area contributed by atoms with Gasteiger partial charge in [-0.15, -0.1) is 0 Å². The van der Waals surface area contributed by atoms with Gasteiger partial charge in [0.15, 0.2) is 0 Å². The number of nitrogens with one attached hydrogen (secondary N) is 1. The predicted octanol–water partition coefficient (Wildman–Crippen LogP) is 3.71. The summed E-state index contributed by atoms with van der Waals surface area (Å²) in [5.41, 5.74) is 0.0521. The van der Waals surface area contributed by atoms with Crippen molar-refractivity contribution in [3.63, 3.8) is 0 Å². The molecule has 0 saturated heterocycles. The Morgan fingerprint density at radius 2 is 1.78 bits per heavy atom. The van der Waals surface area contributed by atoms with Gasteiger partial charge in [0.1, 0.15) is 12.1 Å². The zero-order valence-corrected chi connectivity index (χ0v) is 14.2. The van der Waals surface area contributed by atoms with Crippen molar-refractivity contribution in [3.8, 4) is 11.6 Å². The van der Waals surface area contributed by atoms with Crippen LogP contribution in [-0.2, 0) is 4.74 Å². The van der Waals surface area contributed by atoms with Crippen LogP contribution in [0.15, 0.2) is 60.9 Å². The number of nitrogens with zero attached hydrogens (tertiary/aromatic N) is 3. The lowest BCUT2D eigenvalue weighted by molar-refractivity contribution is -0.385. The highest BCUT2D eigenvalue weighted by Crippen LogP contribution is 2.35. The Labute approximate surface area is 153 Å². The Bertz CT molecular complexity index is 978. The molecule has 0 saturated carbocycles. The molecule has 0 amide bonds. The Balaban J connectivity index is 2.01. The Morgan fingerprint density at radius 1 is 1.07 bits per heavy atom. The molecule has 0 aliphatic carbocycles. The van der Waals surface area contributed by atoms with E-state index in [1.165, 1.54) is 13.2 Å². The van der Waals surface area contributed by atoms with Gasteiger partial charge in [-0.25, -0.2) is 9.78 Å².